The molecule has 1 aliphatic rings. The van der Waals surface area contributed by atoms with E-state index >= 15 is 0 Å². The van der Waals surface area contributed by atoms with Gasteiger partial charge in [0, 0.05) is 16.5 Å². The first-order chi connectivity index (χ1) is 11.8. The van der Waals surface area contributed by atoms with Gasteiger partial charge in [0.25, 0.3) is 0 Å². The third-order valence-corrected chi connectivity index (χ3v) is 4.17. The van der Waals surface area contributed by atoms with Crippen LogP contribution in [-0.4, -0.2) is 5.97 Å². The smallest absolute Gasteiger partial charge is 0.416 e. The number of carbonyl (C=O) groups excluding carboxylic acids is 1. The lowest BCUT2D eigenvalue weighted by Gasteiger charge is -2.06. The summed E-state index contributed by atoms with van der Waals surface area (Å²) in [6, 6.07) is 12.2. The molecule has 0 fully saturated rings. The Balaban J connectivity index is 1.77. The van der Waals surface area contributed by atoms with Crippen LogP contribution in [0.3, 0.4) is 0 Å². The Morgan fingerprint density at radius 2 is 1.64 bits per heavy atom. The number of halogens is 4. The molecule has 2 nitrogen and oxygen atoms in total. The van der Waals surface area contributed by atoms with Crippen LogP contribution in [0.2, 0.25) is 0 Å². The first-order valence-electron chi connectivity index (χ1n) is 7.37. The van der Waals surface area contributed by atoms with E-state index < -0.39 is 17.7 Å². The Bertz CT molecular complexity index is 848. The van der Waals surface area contributed by atoms with Gasteiger partial charge in [-0.05, 0) is 47.5 Å². The van der Waals surface area contributed by atoms with Crippen molar-refractivity contribution >= 4 is 28.0 Å². The number of alkyl halides is 3. The van der Waals surface area contributed by atoms with E-state index in [1.807, 2.05) is 24.3 Å². The fraction of sp³-hybridized carbons (Fsp3) is 0.105. The molecule has 25 heavy (non-hydrogen) atoms. The number of ether oxygens (including phenoxy) is 1. The molecule has 0 atom stereocenters. The minimum absolute atomic E-state index is 0.317. The summed E-state index contributed by atoms with van der Waals surface area (Å²) in [6.07, 6.45) is -0.797. The number of cyclic esters (lactones) is 1. The highest BCUT2D eigenvalue weighted by Gasteiger charge is 2.30. The maximum absolute atomic E-state index is 12.6. The standard InChI is InChI=1S/C19H12BrF3O2/c20-16-7-3-12(4-8-16)9-14-11-17(25-18(14)24)10-13-1-5-15(6-2-13)19(21,22)23/h1-8,10-11H,9H2/b17-10-. The lowest BCUT2D eigenvalue weighted by molar-refractivity contribution is -0.137. The van der Waals surface area contributed by atoms with Crippen molar-refractivity contribution in [2.24, 2.45) is 0 Å². The van der Waals surface area contributed by atoms with Crippen molar-refractivity contribution in [3.8, 4) is 0 Å². The molecule has 0 unspecified atom stereocenters. The van der Waals surface area contributed by atoms with E-state index in [1.54, 1.807) is 6.08 Å². The normalized spacial score (nSPS) is 16.1. The van der Waals surface area contributed by atoms with Gasteiger partial charge in [-0.1, -0.05) is 40.2 Å². The van der Waals surface area contributed by atoms with Crippen LogP contribution in [0.4, 0.5) is 13.2 Å². The van der Waals surface area contributed by atoms with E-state index in [4.69, 9.17) is 4.74 Å². The Kier molecular flexibility index (Phi) is 4.81. The van der Waals surface area contributed by atoms with Crippen LogP contribution in [0.15, 0.2) is 70.4 Å². The second kappa shape index (κ2) is 6.88. The third kappa shape index (κ3) is 4.39. The van der Waals surface area contributed by atoms with E-state index in [9.17, 15) is 18.0 Å². The van der Waals surface area contributed by atoms with Crippen molar-refractivity contribution in [2.75, 3.05) is 0 Å². The van der Waals surface area contributed by atoms with E-state index in [0.29, 0.717) is 23.3 Å². The molecule has 1 aliphatic heterocycles. The maximum Gasteiger partial charge on any atom is 0.416 e. The van der Waals surface area contributed by atoms with E-state index in [1.165, 1.54) is 18.2 Å². The lowest BCUT2D eigenvalue weighted by atomic mass is 10.1. The van der Waals surface area contributed by atoms with Crippen LogP contribution >= 0.6 is 15.9 Å². The molecule has 0 amide bonds. The first-order valence-corrected chi connectivity index (χ1v) is 8.17. The first kappa shape index (κ1) is 17.5. The Morgan fingerprint density at radius 1 is 1.00 bits per heavy atom. The summed E-state index contributed by atoms with van der Waals surface area (Å²) in [5.74, 6) is -0.127. The minimum Gasteiger partial charge on any atom is -0.423 e. The molecular formula is C19H12BrF3O2. The van der Waals surface area contributed by atoms with Gasteiger partial charge in [0.2, 0.25) is 0 Å². The summed E-state index contributed by atoms with van der Waals surface area (Å²) in [7, 11) is 0. The van der Waals surface area contributed by atoms with Crippen molar-refractivity contribution in [3.63, 3.8) is 0 Å². The SMILES string of the molecule is O=C1O/C(=C\c2ccc(C(F)(F)F)cc2)C=C1Cc1ccc(Br)cc1. The van der Waals surface area contributed by atoms with Crippen LogP contribution in [0.5, 0.6) is 0 Å². The zero-order valence-electron chi connectivity index (χ0n) is 12.8. The molecule has 1 heterocycles. The number of hydrogen-bond donors (Lipinski definition) is 0. The van der Waals surface area contributed by atoms with E-state index in [2.05, 4.69) is 15.9 Å². The number of allylic oxidation sites excluding steroid dienone is 1. The van der Waals surface area contributed by atoms with Crippen molar-refractivity contribution in [1.29, 1.82) is 0 Å². The molecule has 0 aliphatic carbocycles. The zero-order chi connectivity index (χ0) is 18.0. The fourth-order valence-electron chi connectivity index (χ4n) is 2.38. The van der Waals surface area contributed by atoms with Crippen LogP contribution < -0.4 is 0 Å². The average Bonchev–Trinajstić information content (AvgIpc) is 2.89. The van der Waals surface area contributed by atoms with Gasteiger partial charge in [-0.25, -0.2) is 4.79 Å². The monoisotopic (exact) mass is 408 g/mol. The summed E-state index contributed by atoms with van der Waals surface area (Å²) in [4.78, 5) is 11.9. The van der Waals surface area contributed by atoms with Gasteiger partial charge in [-0.15, -0.1) is 0 Å². The topological polar surface area (TPSA) is 26.3 Å². The van der Waals surface area contributed by atoms with Crippen molar-refractivity contribution in [3.05, 3.63) is 87.1 Å². The van der Waals surface area contributed by atoms with Crippen LogP contribution in [0, 0.1) is 0 Å². The van der Waals surface area contributed by atoms with Gasteiger partial charge in [0.1, 0.15) is 5.76 Å². The van der Waals surface area contributed by atoms with Crippen LogP contribution in [-0.2, 0) is 22.1 Å². The minimum atomic E-state index is -4.37. The molecule has 6 heteroatoms. The molecule has 0 spiro atoms. The number of rotatable bonds is 3. The second-order valence-corrected chi connectivity index (χ2v) is 6.44. The quantitative estimate of drug-likeness (QED) is 0.623. The number of esters is 1. The Morgan fingerprint density at radius 3 is 2.24 bits per heavy atom. The zero-order valence-corrected chi connectivity index (χ0v) is 14.4. The van der Waals surface area contributed by atoms with Gasteiger partial charge in [0.15, 0.2) is 0 Å². The number of carbonyl (C=O) groups is 1. The molecule has 0 saturated carbocycles. The number of hydrogen-bond acceptors (Lipinski definition) is 2. The van der Waals surface area contributed by atoms with Crippen molar-refractivity contribution < 1.29 is 22.7 Å². The Hall–Kier alpha value is -2.34. The van der Waals surface area contributed by atoms with Gasteiger partial charge in [-0.3, -0.25) is 0 Å². The molecule has 3 rings (SSSR count). The molecule has 0 radical (unpaired) electrons. The van der Waals surface area contributed by atoms with Gasteiger partial charge in [0.05, 0.1) is 5.56 Å². The second-order valence-electron chi connectivity index (χ2n) is 5.53. The van der Waals surface area contributed by atoms with Crippen molar-refractivity contribution in [1.82, 2.24) is 0 Å². The predicted octanol–water partition coefficient (Wildman–Crippen LogP) is 5.53. The molecule has 2 aromatic carbocycles. The summed E-state index contributed by atoms with van der Waals surface area (Å²) < 4.78 is 43.8. The fourth-order valence-corrected chi connectivity index (χ4v) is 2.65. The van der Waals surface area contributed by atoms with Crippen LogP contribution in [0.1, 0.15) is 16.7 Å². The van der Waals surface area contributed by atoms with E-state index in [-0.39, 0.29) is 0 Å². The molecule has 2 aromatic rings. The maximum atomic E-state index is 12.6. The highest BCUT2D eigenvalue weighted by Crippen LogP contribution is 2.30. The highest BCUT2D eigenvalue weighted by atomic mass is 79.9. The largest absolute Gasteiger partial charge is 0.423 e. The predicted molar refractivity (Wildman–Crippen MR) is 91.4 cm³/mol. The Labute approximate surface area is 150 Å². The molecule has 0 aromatic heterocycles. The van der Waals surface area contributed by atoms with Crippen molar-refractivity contribution in [2.45, 2.75) is 12.6 Å². The van der Waals surface area contributed by atoms with E-state index in [0.717, 1.165) is 22.2 Å². The molecule has 0 saturated heterocycles. The summed E-state index contributed by atoms with van der Waals surface area (Å²) in [5, 5.41) is 0. The third-order valence-electron chi connectivity index (χ3n) is 3.64. The van der Waals surface area contributed by atoms with Gasteiger partial charge < -0.3 is 4.74 Å². The summed E-state index contributed by atoms with van der Waals surface area (Å²) in [6.45, 7) is 0. The van der Waals surface area contributed by atoms with Gasteiger partial charge >= 0.3 is 12.1 Å². The summed E-state index contributed by atoms with van der Waals surface area (Å²) in [5.41, 5.74) is 1.27. The highest BCUT2D eigenvalue weighted by molar-refractivity contribution is 9.10. The molecule has 0 N–H and O–H groups in total. The molecule has 0 bridgehead atoms. The lowest BCUT2D eigenvalue weighted by Crippen LogP contribution is -2.04. The van der Waals surface area contributed by atoms with Crippen LogP contribution in [0.25, 0.3) is 6.08 Å². The average molecular weight is 409 g/mol. The molecular weight excluding hydrogens is 397 g/mol. The number of benzene rings is 2. The molecule has 128 valence electrons. The summed E-state index contributed by atoms with van der Waals surface area (Å²) >= 11 is 3.35. The van der Waals surface area contributed by atoms with Gasteiger partial charge in [-0.2, -0.15) is 13.2 Å².